The summed E-state index contributed by atoms with van der Waals surface area (Å²) in [4.78, 5) is 16.3. The van der Waals surface area contributed by atoms with Crippen LogP contribution in [0.2, 0.25) is 0 Å². The van der Waals surface area contributed by atoms with E-state index in [-0.39, 0.29) is 18.2 Å². The normalized spacial score (nSPS) is 10.3. The van der Waals surface area contributed by atoms with Gasteiger partial charge in [0.1, 0.15) is 11.6 Å². The Kier molecular flexibility index (Phi) is 4.94. The largest absolute Gasteiger partial charge is 0.461 e. The molecule has 0 saturated carbocycles. The third-order valence-corrected chi connectivity index (χ3v) is 3.18. The van der Waals surface area contributed by atoms with E-state index < -0.39 is 11.8 Å². The molecule has 3 rings (SSSR count). The van der Waals surface area contributed by atoms with E-state index in [0.29, 0.717) is 11.6 Å². The van der Waals surface area contributed by atoms with Crippen molar-refractivity contribution >= 4 is 5.97 Å². The molecule has 0 bridgehead atoms. The number of rotatable bonds is 5. The Morgan fingerprint density at radius 3 is 2.44 bits per heavy atom. The molecular weight excluding hydrogens is 325 g/mol. The van der Waals surface area contributed by atoms with Crippen molar-refractivity contribution in [3.05, 3.63) is 66.1 Å². The molecule has 0 aliphatic heterocycles. The van der Waals surface area contributed by atoms with Crippen molar-refractivity contribution in [3.63, 3.8) is 0 Å². The van der Waals surface area contributed by atoms with Gasteiger partial charge in [0, 0.05) is 5.56 Å². The summed E-state index contributed by atoms with van der Waals surface area (Å²) in [5, 5.41) is 7.87. The summed E-state index contributed by atoms with van der Waals surface area (Å²) in [6.45, 7) is 1.86. The van der Waals surface area contributed by atoms with Crippen LogP contribution in [-0.4, -0.2) is 27.8 Å². The minimum atomic E-state index is -0.695. The van der Waals surface area contributed by atoms with E-state index in [4.69, 9.17) is 9.47 Å². The molecule has 7 heteroatoms. The summed E-state index contributed by atoms with van der Waals surface area (Å²) < 4.78 is 23.6. The summed E-state index contributed by atoms with van der Waals surface area (Å²) in [6, 6.07) is 14.5. The molecule has 1 aromatic heterocycles. The molecule has 0 radical (unpaired) electrons. The fourth-order valence-corrected chi connectivity index (χ4v) is 2.03. The molecule has 25 heavy (non-hydrogen) atoms. The van der Waals surface area contributed by atoms with E-state index in [2.05, 4.69) is 15.2 Å². The van der Waals surface area contributed by atoms with Crippen LogP contribution in [0.4, 0.5) is 4.39 Å². The van der Waals surface area contributed by atoms with Crippen LogP contribution in [0, 0.1) is 5.82 Å². The fourth-order valence-electron chi connectivity index (χ4n) is 2.03. The van der Waals surface area contributed by atoms with Crippen LogP contribution >= 0.6 is 0 Å². The minimum absolute atomic E-state index is 0.0566. The van der Waals surface area contributed by atoms with Crippen molar-refractivity contribution in [2.75, 3.05) is 6.61 Å². The van der Waals surface area contributed by atoms with Gasteiger partial charge in [0.2, 0.25) is 5.69 Å². The molecule has 0 unspecified atom stereocenters. The maximum atomic E-state index is 13.1. The number of halogens is 1. The molecule has 3 aromatic rings. The summed E-state index contributed by atoms with van der Waals surface area (Å²) in [6.07, 6.45) is 0. The molecule has 0 aliphatic carbocycles. The second-order valence-corrected chi connectivity index (χ2v) is 4.93. The molecule has 126 valence electrons. The van der Waals surface area contributed by atoms with Gasteiger partial charge in [-0.2, -0.15) is 4.98 Å². The van der Waals surface area contributed by atoms with Crippen molar-refractivity contribution in [2.45, 2.75) is 6.92 Å². The molecule has 0 aliphatic rings. The van der Waals surface area contributed by atoms with Gasteiger partial charge in [-0.05, 0) is 31.2 Å². The van der Waals surface area contributed by atoms with Gasteiger partial charge in [0.15, 0.2) is 5.82 Å². The van der Waals surface area contributed by atoms with Gasteiger partial charge in [0.25, 0.3) is 5.88 Å². The highest BCUT2D eigenvalue weighted by molar-refractivity contribution is 5.89. The van der Waals surface area contributed by atoms with Gasteiger partial charge in [-0.15, -0.1) is 10.2 Å². The van der Waals surface area contributed by atoms with Gasteiger partial charge in [0.05, 0.1) is 6.61 Å². The Morgan fingerprint density at radius 1 is 1.04 bits per heavy atom. The number of hydrogen-bond donors (Lipinski definition) is 0. The zero-order chi connectivity index (χ0) is 17.6. The van der Waals surface area contributed by atoms with Crippen LogP contribution in [0.3, 0.4) is 0 Å². The zero-order valence-corrected chi connectivity index (χ0v) is 13.3. The molecule has 0 atom stereocenters. The topological polar surface area (TPSA) is 74.2 Å². The number of aromatic nitrogens is 3. The van der Waals surface area contributed by atoms with Crippen LogP contribution in [0.1, 0.15) is 17.4 Å². The summed E-state index contributed by atoms with van der Waals surface area (Å²) in [5.74, 6) is -0.542. The number of nitrogens with zero attached hydrogens (tertiary/aromatic N) is 3. The van der Waals surface area contributed by atoms with Crippen molar-refractivity contribution in [2.24, 2.45) is 0 Å². The van der Waals surface area contributed by atoms with E-state index in [1.807, 2.05) is 30.3 Å². The highest BCUT2D eigenvalue weighted by atomic mass is 19.1. The van der Waals surface area contributed by atoms with E-state index in [0.717, 1.165) is 5.56 Å². The predicted octanol–water partition coefficient (Wildman–Crippen LogP) is 3.65. The average molecular weight is 339 g/mol. The Labute approximate surface area is 143 Å². The third kappa shape index (κ3) is 3.95. The Hall–Kier alpha value is -3.35. The number of esters is 1. The van der Waals surface area contributed by atoms with E-state index in [1.54, 1.807) is 6.92 Å². The third-order valence-electron chi connectivity index (χ3n) is 3.18. The first kappa shape index (κ1) is 16.5. The van der Waals surface area contributed by atoms with E-state index >= 15 is 0 Å². The predicted molar refractivity (Wildman–Crippen MR) is 87.7 cm³/mol. The number of benzene rings is 2. The second kappa shape index (κ2) is 7.48. The molecule has 0 spiro atoms. The Morgan fingerprint density at radius 2 is 1.76 bits per heavy atom. The first-order valence-electron chi connectivity index (χ1n) is 7.58. The van der Waals surface area contributed by atoms with E-state index in [9.17, 15) is 9.18 Å². The van der Waals surface area contributed by atoms with E-state index in [1.165, 1.54) is 24.3 Å². The van der Waals surface area contributed by atoms with Crippen molar-refractivity contribution in [1.29, 1.82) is 0 Å². The molecular formula is C18H14FN3O3. The van der Waals surface area contributed by atoms with Gasteiger partial charge in [-0.1, -0.05) is 30.3 Å². The SMILES string of the molecule is CCOC(=O)c1nnc(-c2ccccc2)nc1Oc1ccc(F)cc1. The van der Waals surface area contributed by atoms with Gasteiger partial charge < -0.3 is 9.47 Å². The molecule has 2 aromatic carbocycles. The Balaban J connectivity index is 2.01. The standard InChI is InChI=1S/C18H14FN3O3/c1-2-24-18(23)15-17(25-14-10-8-13(19)9-11-14)20-16(22-21-15)12-6-4-3-5-7-12/h3-11H,2H2,1H3. The lowest BCUT2D eigenvalue weighted by molar-refractivity contribution is 0.0514. The lowest BCUT2D eigenvalue weighted by Gasteiger charge is -2.09. The van der Waals surface area contributed by atoms with Gasteiger partial charge in [-0.3, -0.25) is 0 Å². The molecule has 1 heterocycles. The maximum Gasteiger partial charge on any atom is 0.364 e. The highest BCUT2D eigenvalue weighted by Crippen LogP contribution is 2.25. The summed E-state index contributed by atoms with van der Waals surface area (Å²) in [5.41, 5.74) is 0.570. The number of carbonyl (C=O) groups is 1. The zero-order valence-electron chi connectivity index (χ0n) is 13.3. The second-order valence-electron chi connectivity index (χ2n) is 4.93. The number of hydrogen-bond acceptors (Lipinski definition) is 6. The van der Waals surface area contributed by atoms with Gasteiger partial charge in [-0.25, -0.2) is 9.18 Å². The first-order chi connectivity index (χ1) is 12.2. The molecule has 0 saturated heterocycles. The van der Waals surface area contributed by atoms with Crippen molar-refractivity contribution in [1.82, 2.24) is 15.2 Å². The molecule has 0 N–H and O–H groups in total. The fraction of sp³-hybridized carbons (Fsp3) is 0.111. The summed E-state index contributed by atoms with van der Waals surface area (Å²) in [7, 11) is 0. The van der Waals surface area contributed by atoms with Gasteiger partial charge >= 0.3 is 5.97 Å². The lowest BCUT2D eigenvalue weighted by Crippen LogP contribution is -2.12. The van der Waals surface area contributed by atoms with Crippen LogP contribution < -0.4 is 4.74 Å². The minimum Gasteiger partial charge on any atom is -0.461 e. The highest BCUT2D eigenvalue weighted by Gasteiger charge is 2.21. The van der Waals surface area contributed by atoms with Crippen molar-refractivity contribution in [3.8, 4) is 23.0 Å². The van der Waals surface area contributed by atoms with Crippen LogP contribution in [0.15, 0.2) is 54.6 Å². The quantitative estimate of drug-likeness (QED) is 0.661. The van der Waals surface area contributed by atoms with Crippen LogP contribution in [-0.2, 0) is 4.74 Å². The molecule has 6 nitrogen and oxygen atoms in total. The Bertz CT molecular complexity index is 870. The first-order valence-corrected chi connectivity index (χ1v) is 7.58. The molecule has 0 amide bonds. The van der Waals surface area contributed by atoms with Crippen LogP contribution in [0.5, 0.6) is 11.6 Å². The summed E-state index contributed by atoms with van der Waals surface area (Å²) >= 11 is 0. The lowest BCUT2D eigenvalue weighted by atomic mass is 10.2. The molecule has 0 fully saturated rings. The van der Waals surface area contributed by atoms with Crippen molar-refractivity contribution < 1.29 is 18.7 Å². The smallest absolute Gasteiger partial charge is 0.364 e. The average Bonchev–Trinajstić information content (AvgIpc) is 2.64. The number of ether oxygens (including phenoxy) is 2. The monoisotopic (exact) mass is 339 g/mol. The van der Waals surface area contributed by atoms with Crippen LogP contribution in [0.25, 0.3) is 11.4 Å². The number of carbonyl (C=O) groups excluding carboxylic acids is 1. The maximum absolute atomic E-state index is 13.1.